The predicted octanol–water partition coefficient (Wildman–Crippen LogP) is 1.65. The highest BCUT2D eigenvalue weighted by molar-refractivity contribution is 6.33. The molecule has 0 unspecified atom stereocenters. The number of ketones is 1. The molecule has 5 heteroatoms. The Kier molecular flexibility index (Phi) is 4.52. The van der Waals surface area contributed by atoms with Crippen molar-refractivity contribution < 1.29 is 19.1 Å². The quantitative estimate of drug-likeness (QED) is 0.469. The number of amides is 1. The molecule has 0 bridgehead atoms. The van der Waals surface area contributed by atoms with Crippen LogP contribution in [0.5, 0.6) is 0 Å². The van der Waals surface area contributed by atoms with E-state index < -0.39 is 18.0 Å². The Balaban J connectivity index is 2.20. The minimum absolute atomic E-state index is 0.0767. The molecule has 21 heavy (non-hydrogen) atoms. The van der Waals surface area contributed by atoms with E-state index in [1.54, 1.807) is 0 Å². The molecule has 1 saturated heterocycles. The first-order valence-electron chi connectivity index (χ1n) is 6.74. The smallest absolute Gasteiger partial charge is 0.397 e. The molecule has 0 spiro atoms. The van der Waals surface area contributed by atoms with Gasteiger partial charge in [0.1, 0.15) is 0 Å². The number of hydrogen-bond donors (Lipinski definition) is 0. The molecule has 1 aromatic carbocycles. The Bertz CT molecular complexity index is 567. The summed E-state index contributed by atoms with van der Waals surface area (Å²) in [7, 11) is 0. The topological polar surface area (TPSA) is 63.7 Å². The molecule has 0 aliphatic carbocycles. The molecule has 0 saturated carbocycles. The predicted molar refractivity (Wildman–Crippen MR) is 76.3 cm³/mol. The van der Waals surface area contributed by atoms with Gasteiger partial charge in [0.25, 0.3) is 0 Å². The number of allylic oxidation sites excluding steroid dienone is 1. The van der Waals surface area contributed by atoms with E-state index in [-0.39, 0.29) is 24.8 Å². The first-order chi connectivity index (χ1) is 10.0. The standard InChI is InChI=1S/C16H17NO4/c1-3-7-13(18)14-10-17(15(19)16(20)21-14)11(2)12-8-5-4-6-9-12/h3-6,8-9,11,14H,1,7,10H2,2H3/t11-,14-/m1/s1. The van der Waals surface area contributed by atoms with Crippen LogP contribution in [0.2, 0.25) is 0 Å². The van der Waals surface area contributed by atoms with Gasteiger partial charge in [0.05, 0.1) is 12.6 Å². The van der Waals surface area contributed by atoms with Gasteiger partial charge in [-0.3, -0.25) is 9.59 Å². The number of nitrogens with zero attached hydrogens (tertiary/aromatic N) is 1. The van der Waals surface area contributed by atoms with Crippen LogP contribution in [0, 0.1) is 0 Å². The SMILES string of the molecule is C=CCC(=O)[C@H]1CN([C@H](C)c2ccccc2)C(=O)C(=O)O1. The van der Waals surface area contributed by atoms with Gasteiger partial charge < -0.3 is 9.64 Å². The van der Waals surface area contributed by atoms with E-state index in [1.807, 2.05) is 37.3 Å². The van der Waals surface area contributed by atoms with Gasteiger partial charge in [-0.15, -0.1) is 6.58 Å². The maximum absolute atomic E-state index is 12.0. The summed E-state index contributed by atoms with van der Waals surface area (Å²) in [6, 6.07) is 9.04. The van der Waals surface area contributed by atoms with Crippen LogP contribution in [0.15, 0.2) is 43.0 Å². The lowest BCUT2D eigenvalue weighted by atomic mass is 10.0. The van der Waals surface area contributed by atoms with Crippen molar-refractivity contribution in [2.75, 3.05) is 6.54 Å². The third kappa shape index (κ3) is 3.18. The number of cyclic esters (lactones) is 1. The first-order valence-corrected chi connectivity index (χ1v) is 6.74. The number of rotatable bonds is 5. The molecule has 5 nitrogen and oxygen atoms in total. The second kappa shape index (κ2) is 6.35. The molecule has 2 rings (SSSR count). The fourth-order valence-electron chi connectivity index (χ4n) is 2.28. The Morgan fingerprint density at radius 3 is 2.71 bits per heavy atom. The van der Waals surface area contributed by atoms with Crippen molar-refractivity contribution in [3.8, 4) is 0 Å². The molecular weight excluding hydrogens is 270 g/mol. The Labute approximate surface area is 123 Å². The minimum Gasteiger partial charge on any atom is -0.445 e. The molecule has 1 heterocycles. The summed E-state index contributed by atoms with van der Waals surface area (Å²) in [6.07, 6.45) is 0.649. The molecule has 1 aliphatic rings. The van der Waals surface area contributed by atoms with E-state index in [1.165, 1.54) is 11.0 Å². The number of ether oxygens (including phenoxy) is 1. The van der Waals surface area contributed by atoms with E-state index in [2.05, 4.69) is 6.58 Å². The number of carbonyl (C=O) groups excluding carboxylic acids is 3. The Morgan fingerprint density at radius 1 is 1.43 bits per heavy atom. The van der Waals surface area contributed by atoms with Gasteiger partial charge in [-0.2, -0.15) is 0 Å². The molecule has 0 aromatic heterocycles. The third-order valence-electron chi connectivity index (χ3n) is 3.50. The van der Waals surface area contributed by atoms with Crippen LogP contribution in [-0.4, -0.2) is 35.2 Å². The second-order valence-electron chi connectivity index (χ2n) is 4.90. The highest BCUT2D eigenvalue weighted by atomic mass is 16.6. The molecule has 1 fully saturated rings. The normalized spacial score (nSPS) is 19.9. The fraction of sp³-hybridized carbons (Fsp3) is 0.312. The highest BCUT2D eigenvalue weighted by Gasteiger charge is 2.39. The van der Waals surface area contributed by atoms with E-state index in [4.69, 9.17) is 4.74 Å². The van der Waals surface area contributed by atoms with Gasteiger partial charge >= 0.3 is 11.9 Å². The number of Topliss-reactive ketones (excluding diaryl/α,β-unsaturated/α-hetero) is 1. The molecule has 0 radical (unpaired) electrons. The molecule has 1 aromatic rings. The van der Waals surface area contributed by atoms with Crippen LogP contribution in [-0.2, 0) is 19.1 Å². The summed E-state index contributed by atoms with van der Waals surface area (Å²) in [4.78, 5) is 36.9. The number of hydrogen-bond acceptors (Lipinski definition) is 4. The molecular formula is C16H17NO4. The van der Waals surface area contributed by atoms with Crippen molar-refractivity contribution in [2.24, 2.45) is 0 Å². The van der Waals surface area contributed by atoms with Crippen LogP contribution in [0.1, 0.15) is 24.9 Å². The zero-order valence-electron chi connectivity index (χ0n) is 11.8. The zero-order valence-corrected chi connectivity index (χ0v) is 11.8. The second-order valence-corrected chi connectivity index (χ2v) is 4.90. The summed E-state index contributed by atoms with van der Waals surface area (Å²) >= 11 is 0. The highest BCUT2D eigenvalue weighted by Crippen LogP contribution is 2.24. The van der Waals surface area contributed by atoms with Crippen molar-refractivity contribution in [3.63, 3.8) is 0 Å². The van der Waals surface area contributed by atoms with Crippen molar-refractivity contribution in [3.05, 3.63) is 48.6 Å². The van der Waals surface area contributed by atoms with Gasteiger partial charge in [0.2, 0.25) is 0 Å². The Hall–Kier alpha value is -2.43. The summed E-state index contributed by atoms with van der Waals surface area (Å²) in [5.41, 5.74) is 0.899. The van der Waals surface area contributed by atoms with Crippen LogP contribution in [0.4, 0.5) is 0 Å². The number of benzene rings is 1. The number of carbonyl (C=O) groups is 3. The van der Waals surface area contributed by atoms with Crippen molar-refractivity contribution in [2.45, 2.75) is 25.5 Å². The molecule has 2 atom stereocenters. The summed E-state index contributed by atoms with van der Waals surface area (Å²) in [6.45, 7) is 5.39. The van der Waals surface area contributed by atoms with Crippen molar-refractivity contribution in [1.29, 1.82) is 0 Å². The largest absolute Gasteiger partial charge is 0.445 e. The number of esters is 1. The summed E-state index contributed by atoms with van der Waals surface area (Å²) < 4.78 is 4.90. The van der Waals surface area contributed by atoms with Crippen LogP contribution >= 0.6 is 0 Å². The lowest BCUT2D eigenvalue weighted by Gasteiger charge is -2.35. The molecule has 1 aliphatic heterocycles. The van der Waals surface area contributed by atoms with Crippen molar-refractivity contribution >= 4 is 17.7 Å². The Morgan fingerprint density at radius 2 is 2.10 bits per heavy atom. The first kappa shape index (κ1) is 15.0. The maximum atomic E-state index is 12.0. The zero-order chi connectivity index (χ0) is 15.4. The third-order valence-corrected chi connectivity index (χ3v) is 3.50. The van der Waals surface area contributed by atoms with E-state index in [0.29, 0.717) is 0 Å². The van der Waals surface area contributed by atoms with E-state index in [0.717, 1.165) is 5.56 Å². The fourth-order valence-corrected chi connectivity index (χ4v) is 2.28. The minimum atomic E-state index is -0.980. The van der Waals surface area contributed by atoms with Gasteiger partial charge in [-0.25, -0.2) is 4.79 Å². The van der Waals surface area contributed by atoms with E-state index in [9.17, 15) is 14.4 Å². The van der Waals surface area contributed by atoms with Gasteiger partial charge in [0, 0.05) is 6.42 Å². The van der Waals surface area contributed by atoms with Crippen LogP contribution in [0.3, 0.4) is 0 Å². The monoisotopic (exact) mass is 287 g/mol. The van der Waals surface area contributed by atoms with Gasteiger partial charge in [-0.1, -0.05) is 36.4 Å². The van der Waals surface area contributed by atoms with Crippen LogP contribution in [0.25, 0.3) is 0 Å². The maximum Gasteiger partial charge on any atom is 0.397 e. The van der Waals surface area contributed by atoms with Crippen molar-refractivity contribution in [1.82, 2.24) is 4.90 Å². The molecule has 1 amide bonds. The number of morpholine rings is 1. The molecule has 110 valence electrons. The molecule has 0 N–H and O–H groups in total. The average molecular weight is 287 g/mol. The average Bonchev–Trinajstić information content (AvgIpc) is 2.50. The lowest BCUT2D eigenvalue weighted by Crippen LogP contribution is -2.52. The van der Waals surface area contributed by atoms with Gasteiger partial charge in [0.15, 0.2) is 11.9 Å². The van der Waals surface area contributed by atoms with Gasteiger partial charge in [-0.05, 0) is 12.5 Å². The van der Waals surface area contributed by atoms with Crippen LogP contribution < -0.4 is 0 Å². The summed E-state index contributed by atoms with van der Waals surface area (Å²) in [5, 5.41) is 0. The van der Waals surface area contributed by atoms with E-state index >= 15 is 0 Å². The lowest BCUT2D eigenvalue weighted by molar-refractivity contribution is -0.176. The summed E-state index contributed by atoms with van der Waals surface area (Å²) in [5.74, 6) is -1.95.